The van der Waals surface area contributed by atoms with Crippen molar-refractivity contribution in [1.29, 1.82) is 0 Å². The minimum atomic E-state index is -0.867. The smallest absolute Gasteiger partial charge is 0.306 e. The van der Waals surface area contributed by atoms with Gasteiger partial charge >= 0.3 is 5.97 Å². The summed E-state index contributed by atoms with van der Waals surface area (Å²) in [5.41, 5.74) is 0.803. The molecule has 0 saturated heterocycles. The molecule has 0 fully saturated rings. The van der Waals surface area contributed by atoms with E-state index in [4.69, 9.17) is 5.11 Å². The topological polar surface area (TPSA) is 80.4 Å². The molecule has 1 aromatic rings. The Morgan fingerprint density at radius 3 is 2.40 bits per heavy atom. The zero-order valence-electron chi connectivity index (χ0n) is 8.21. The summed E-state index contributed by atoms with van der Waals surface area (Å²) in [4.78, 5) is 20.4. The zero-order chi connectivity index (χ0) is 11.4. The van der Waals surface area contributed by atoms with Gasteiger partial charge in [-0.1, -0.05) is 19.1 Å². The molecule has 1 atom stereocenters. The average Bonchev–Trinajstić information content (AvgIpc) is 2.18. The maximum absolute atomic E-state index is 10.6. The second-order valence-electron chi connectivity index (χ2n) is 3.37. The van der Waals surface area contributed by atoms with Crippen molar-refractivity contribution in [3.05, 3.63) is 39.9 Å². The number of hydrogen-bond acceptors (Lipinski definition) is 3. The molecule has 0 amide bonds. The van der Waals surface area contributed by atoms with Crippen LogP contribution in [0.1, 0.15) is 12.5 Å². The molecular formula is C10H11NO4. The summed E-state index contributed by atoms with van der Waals surface area (Å²) in [5.74, 6) is -1.35. The first kappa shape index (κ1) is 11.2. The van der Waals surface area contributed by atoms with Crippen molar-refractivity contribution in [2.24, 2.45) is 5.92 Å². The molecule has 0 spiro atoms. The molecule has 0 radical (unpaired) electrons. The third-order valence-corrected chi connectivity index (χ3v) is 2.11. The Morgan fingerprint density at radius 1 is 1.47 bits per heavy atom. The van der Waals surface area contributed by atoms with Crippen LogP contribution in [0, 0.1) is 16.0 Å². The van der Waals surface area contributed by atoms with E-state index < -0.39 is 16.8 Å². The minimum absolute atomic E-state index is 0.0155. The largest absolute Gasteiger partial charge is 0.481 e. The number of rotatable bonds is 4. The third-order valence-electron chi connectivity index (χ3n) is 2.11. The predicted octanol–water partition coefficient (Wildman–Crippen LogP) is 1.86. The molecule has 0 aliphatic rings. The summed E-state index contributed by atoms with van der Waals surface area (Å²) in [7, 11) is 0. The van der Waals surface area contributed by atoms with Gasteiger partial charge in [-0.15, -0.1) is 0 Å². The number of hydrogen-bond donors (Lipinski definition) is 1. The van der Waals surface area contributed by atoms with Crippen LogP contribution in [-0.4, -0.2) is 16.0 Å². The molecule has 1 rings (SSSR count). The van der Waals surface area contributed by atoms with Gasteiger partial charge in [0, 0.05) is 12.1 Å². The lowest BCUT2D eigenvalue weighted by molar-refractivity contribution is -0.384. The van der Waals surface area contributed by atoms with Gasteiger partial charge in [0.25, 0.3) is 5.69 Å². The Morgan fingerprint density at radius 2 is 2.00 bits per heavy atom. The number of nitro benzene ring substituents is 1. The highest BCUT2D eigenvalue weighted by Crippen LogP contribution is 2.14. The first-order chi connectivity index (χ1) is 7.00. The molecule has 80 valence electrons. The molecule has 0 aromatic heterocycles. The summed E-state index contributed by atoms with van der Waals surface area (Å²) in [6, 6.07) is 5.92. The van der Waals surface area contributed by atoms with E-state index in [1.165, 1.54) is 12.1 Å². The van der Waals surface area contributed by atoms with Crippen LogP contribution in [0.3, 0.4) is 0 Å². The van der Waals surface area contributed by atoms with Gasteiger partial charge in [-0.05, 0) is 12.0 Å². The Labute approximate surface area is 86.5 Å². The lowest BCUT2D eigenvalue weighted by Crippen LogP contribution is -2.12. The monoisotopic (exact) mass is 209 g/mol. The first-order valence-corrected chi connectivity index (χ1v) is 4.47. The van der Waals surface area contributed by atoms with Crippen LogP contribution in [-0.2, 0) is 11.2 Å². The van der Waals surface area contributed by atoms with Crippen molar-refractivity contribution < 1.29 is 14.8 Å². The number of carboxylic acids is 1. The van der Waals surface area contributed by atoms with Gasteiger partial charge in [0.15, 0.2) is 0 Å². The fourth-order valence-corrected chi connectivity index (χ4v) is 1.19. The number of carbonyl (C=O) groups is 1. The summed E-state index contributed by atoms with van der Waals surface area (Å²) >= 11 is 0. The highest BCUT2D eigenvalue weighted by Gasteiger charge is 2.12. The summed E-state index contributed by atoms with van der Waals surface area (Å²) in [5, 5.41) is 19.0. The molecule has 1 N–H and O–H groups in total. The van der Waals surface area contributed by atoms with E-state index in [2.05, 4.69) is 0 Å². The molecular weight excluding hydrogens is 198 g/mol. The van der Waals surface area contributed by atoms with E-state index in [0.29, 0.717) is 6.42 Å². The third kappa shape index (κ3) is 3.05. The summed E-state index contributed by atoms with van der Waals surface area (Å²) in [6.07, 6.45) is 0.382. The molecule has 0 aliphatic heterocycles. The van der Waals surface area contributed by atoms with Crippen molar-refractivity contribution in [3.63, 3.8) is 0 Å². The molecule has 0 aliphatic carbocycles. The molecule has 0 unspecified atom stereocenters. The van der Waals surface area contributed by atoms with E-state index in [-0.39, 0.29) is 5.69 Å². The first-order valence-electron chi connectivity index (χ1n) is 4.47. The van der Waals surface area contributed by atoms with Crippen LogP contribution < -0.4 is 0 Å². The van der Waals surface area contributed by atoms with Gasteiger partial charge in [0.2, 0.25) is 0 Å². The van der Waals surface area contributed by atoms with Gasteiger partial charge < -0.3 is 5.11 Å². The van der Waals surface area contributed by atoms with Crippen LogP contribution in [0.5, 0.6) is 0 Å². The number of nitrogens with zero attached hydrogens (tertiary/aromatic N) is 1. The van der Waals surface area contributed by atoms with Crippen molar-refractivity contribution in [2.45, 2.75) is 13.3 Å². The second-order valence-corrected chi connectivity index (χ2v) is 3.37. The molecule has 0 saturated carbocycles. The Bertz CT molecular complexity index is 372. The molecule has 1 aromatic carbocycles. The normalized spacial score (nSPS) is 12.1. The highest BCUT2D eigenvalue weighted by atomic mass is 16.6. The van der Waals surface area contributed by atoms with Crippen molar-refractivity contribution in [2.75, 3.05) is 0 Å². The summed E-state index contributed by atoms with van der Waals surface area (Å²) < 4.78 is 0. The average molecular weight is 209 g/mol. The van der Waals surface area contributed by atoms with Gasteiger partial charge in [-0.3, -0.25) is 14.9 Å². The van der Waals surface area contributed by atoms with Crippen molar-refractivity contribution in [1.82, 2.24) is 0 Å². The number of carboxylic acid groups (broad SMARTS) is 1. The van der Waals surface area contributed by atoms with Gasteiger partial charge in [0.1, 0.15) is 0 Å². The molecule has 15 heavy (non-hydrogen) atoms. The maximum Gasteiger partial charge on any atom is 0.306 e. The lowest BCUT2D eigenvalue weighted by atomic mass is 10.0. The second kappa shape index (κ2) is 4.54. The summed E-state index contributed by atoms with van der Waals surface area (Å²) in [6.45, 7) is 1.60. The molecule has 5 nitrogen and oxygen atoms in total. The van der Waals surface area contributed by atoms with Crippen LogP contribution in [0.4, 0.5) is 5.69 Å². The number of aliphatic carboxylic acids is 1. The van der Waals surface area contributed by atoms with Gasteiger partial charge in [0.05, 0.1) is 10.8 Å². The highest BCUT2D eigenvalue weighted by molar-refractivity contribution is 5.69. The molecule has 0 bridgehead atoms. The van der Waals surface area contributed by atoms with E-state index in [9.17, 15) is 14.9 Å². The van der Waals surface area contributed by atoms with Crippen LogP contribution in [0.2, 0.25) is 0 Å². The van der Waals surface area contributed by atoms with E-state index in [1.807, 2.05) is 0 Å². The van der Waals surface area contributed by atoms with Crippen molar-refractivity contribution in [3.8, 4) is 0 Å². The molecule has 5 heteroatoms. The Balaban J connectivity index is 2.72. The van der Waals surface area contributed by atoms with Crippen LogP contribution >= 0.6 is 0 Å². The van der Waals surface area contributed by atoms with Gasteiger partial charge in [-0.25, -0.2) is 0 Å². The zero-order valence-corrected chi connectivity index (χ0v) is 8.21. The fourth-order valence-electron chi connectivity index (χ4n) is 1.19. The standard InChI is InChI=1S/C10H11NO4/c1-7(10(12)13)6-8-2-4-9(5-3-8)11(14)15/h2-5,7H,6H2,1H3,(H,12,13)/t7-/m0/s1. The Hall–Kier alpha value is -1.91. The quantitative estimate of drug-likeness (QED) is 0.606. The van der Waals surface area contributed by atoms with Crippen LogP contribution in [0.15, 0.2) is 24.3 Å². The number of nitro groups is 1. The fraction of sp³-hybridized carbons (Fsp3) is 0.300. The predicted molar refractivity (Wildman–Crippen MR) is 53.6 cm³/mol. The minimum Gasteiger partial charge on any atom is -0.481 e. The number of benzene rings is 1. The molecule has 0 heterocycles. The van der Waals surface area contributed by atoms with E-state index >= 15 is 0 Å². The maximum atomic E-state index is 10.6. The SMILES string of the molecule is C[C@@H](Cc1ccc([N+](=O)[O-])cc1)C(=O)O. The lowest BCUT2D eigenvalue weighted by Gasteiger charge is -2.05. The van der Waals surface area contributed by atoms with E-state index in [0.717, 1.165) is 5.56 Å². The van der Waals surface area contributed by atoms with E-state index in [1.54, 1.807) is 19.1 Å². The van der Waals surface area contributed by atoms with Crippen molar-refractivity contribution >= 4 is 11.7 Å². The number of non-ortho nitro benzene ring substituents is 1. The Kier molecular flexibility index (Phi) is 3.38. The van der Waals surface area contributed by atoms with Gasteiger partial charge in [-0.2, -0.15) is 0 Å². The van der Waals surface area contributed by atoms with Crippen LogP contribution in [0.25, 0.3) is 0 Å².